The minimum Gasteiger partial charge on any atom is -0.300 e. The van der Waals surface area contributed by atoms with Gasteiger partial charge in [-0.1, -0.05) is 34.0 Å². The highest BCUT2D eigenvalue weighted by molar-refractivity contribution is 9.10. The average molecular weight is 238 g/mol. The highest BCUT2D eigenvalue weighted by Gasteiger charge is 2.02. The second-order valence-corrected chi connectivity index (χ2v) is 3.77. The predicted octanol–water partition coefficient (Wildman–Crippen LogP) is 2.73. The topological polar surface area (TPSA) is 12.0 Å². The Hall–Kier alpha value is -0.780. The van der Waals surface area contributed by atoms with Gasteiger partial charge in [0.05, 0.1) is 6.54 Å². The number of nitrogens with one attached hydrogen (secondary N) is 1. The molecule has 13 heavy (non-hydrogen) atoms. The number of hydrogen-bond donors (Lipinski definition) is 1. The van der Waals surface area contributed by atoms with Crippen LogP contribution in [-0.4, -0.2) is 6.54 Å². The van der Waals surface area contributed by atoms with Gasteiger partial charge in [-0.05, 0) is 24.6 Å². The van der Waals surface area contributed by atoms with Crippen LogP contribution in [0, 0.1) is 12.3 Å². The molecule has 0 unspecified atom stereocenters. The lowest BCUT2D eigenvalue weighted by atomic mass is 10.1. The monoisotopic (exact) mass is 237 g/mol. The number of halogens is 1. The number of hydrogen-bond acceptors (Lipinski definition) is 1. The molecule has 0 aliphatic heterocycles. The summed E-state index contributed by atoms with van der Waals surface area (Å²) in [5.74, 6) is 2.56. The molecule has 1 rings (SSSR count). The lowest BCUT2D eigenvalue weighted by Gasteiger charge is -2.11. The van der Waals surface area contributed by atoms with Crippen molar-refractivity contribution in [2.45, 2.75) is 13.0 Å². The van der Waals surface area contributed by atoms with Crippen LogP contribution in [0.1, 0.15) is 18.5 Å². The largest absolute Gasteiger partial charge is 0.300 e. The van der Waals surface area contributed by atoms with Crippen molar-refractivity contribution in [2.24, 2.45) is 0 Å². The van der Waals surface area contributed by atoms with Crippen molar-refractivity contribution in [3.05, 3.63) is 34.3 Å². The minimum absolute atomic E-state index is 0.309. The summed E-state index contributed by atoms with van der Waals surface area (Å²) < 4.78 is 1.10. The van der Waals surface area contributed by atoms with E-state index in [2.05, 4.69) is 46.2 Å². The average Bonchev–Trinajstić information content (AvgIpc) is 2.15. The van der Waals surface area contributed by atoms with Gasteiger partial charge in [-0.25, -0.2) is 0 Å². The summed E-state index contributed by atoms with van der Waals surface area (Å²) in [6.45, 7) is 2.71. The van der Waals surface area contributed by atoms with E-state index in [-0.39, 0.29) is 0 Å². The molecule has 68 valence electrons. The Morgan fingerprint density at radius 1 is 1.46 bits per heavy atom. The van der Waals surface area contributed by atoms with Crippen molar-refractivity contribution in [3.8, 4) is 12.3 Å². The van der Waals surface area contributed by atoms with Crippen molar-refractivity contribution >= 4 is 15.9 Å². The van der Waals surface area contributed by atoms with Crippen LogP contribution in [0.2, 0.25) is 0 Å². The molecular formula is C11H12BrN. The third kappa shape index (κ3) is 3.22. The quantitative estimate of drug-likeness (QED) is 0.798. The Bertz CT molecular complexity index is 297. The van der Waals surface area contributed by atoms with Crippen LogP contribution in [0.15, 0.2) is 28.7 Å². The summed E-state index contributed by atoms with van der Waals surface area (Å²) in [4.78, 5) is 0. The fourth-order valence-corrected chi connectivity index (χ4v) is 1.35. The maximum Gasteiger partial charge on any atom is 0.0578 e. The predicted molar refractivity (Wildman–Crippen MR) is 59.4 cm³/mol. The van der Waals surface area contributed by atoms with E-state index in [1.54, 1.807) is 0 Å². The van der Waals surface area contributed by atoms with Crippen molar-refractivity contribution in [2.75, 3.05) is 6.54 Å². The number of rotatable bonds is 3. The van der Waals surface area contributed by atoms with Crippen LogP contribution in [0.4, 0.5) is 0 Å². The SMILES string of the molecule is C#CCN[C@H](C)c1ccc(Br)cc1. The van der Waals surface area contributed by atoms with Crippen LogP contribution >= 0.6 is 15.9 Å². The molecule has 0 fully saturated rings. The molecule has 0 spiro atoms. The summed E-state index contributed by atoms with van der Waals surface area (Å²) in [6, 6.07) is 8.53. The fraction of sp³-hybridized carbons (Fsp3) is 0.273. The second kappa shape index (κ2) is 5.06. The van der Waals surface area contributed by atoms with Gasteiger partial charge in [0.25, 0.3) is 0 Å². The third-order valence-corrected chi connectivity index (χ3v) is 2.41. The molecule has 1 aromatic carbocycles. The van der Waals surface area contributed by atoms with E-state index in [0.29, 0.717) is 12.6 Å². The van der Waals surface area contributed by atoms with Crippen molar-refractivity contribution < 1.29 is 0 Å². The summed E-state index contributed by atoms with van der Waals surface area (Å²) >= 11 is 3.39. The maximum atomic E-state index is 5.16. The van der Waals surface area contributed by atoms with E-state index in [9.17, 15) is 0 Å². The Morgan fingerprint density at radius 2 is 2.08 bits per heavy atom. The maximum absolute atomic E-state index is 5.16. The highest BCUT2D eigenvalue weighted by Crippen LogP contribution is 2.15. The smallest absolute Gasteiger partial charge is 0.0578 e. The summed E-state index contributed by atoms with van der Waals surface area (Å²) in [7, 11) is 0. The zero-order chi connectivity index (χ0) is 9.68. The Balaban J connectivity index is 2.62. The van der Waals surface area contributed by atoms with Gasteiger partial charge in [-0.2, -0.15) is 0 Å². The summed E-state index contributed by atoms with van der Waals surface area (Å²) in [5, 5.41) is 3.22. The molecule has 1 nitrogen and oxygen atoms in total. The van der Waals surface area contributed by atoms with E-state index in [1.165, 1.54) is 5.56 Å². The molecule has 0 aliphatic carbocycles. The van der Waals surface area contributed by atoms with Crippen LogP contribution in [-0.2, 0) is 0 Å². The van der Waals surface area contributed by atoms with Gasteiger partial charge < -0.3 is 0 Å². The first kappa shape index (κ1) is 10.3. The van der Waals surface area contributed by atoms with E-state index >= 15 is 0 Å². The van der Waals surface area contributed by atoms with Gasteiger partial charge in [0.1, 0.15) is 0 Å². The van der Waals surface area contributed by atoms with E-state index in [0.717, 1.165) is 4.47 Å². The van der Waals surface area contributed by atoms with Crippen LogP contribution < -0.4 is 5.32 Å². The first-order valence-corrected chi connectivity index (χ1v) is 4.95. The van der Waals surface area contributed by atoms with Crippen molar-refractivity contribution in [3.63, 3.8) is 0 Å². The molecule has 0 saturated heterocycles. The molecule has 0 amide bonds. The van der Waals surface area contributed by atoms with Crippen molar-refractivity contribution in [1.29, 1.82) is 0 Å². The van der Waals surface area contributed by atoms with Crippen molar-refractivity contribution in [1.82, 2.24) is 5.32 Å². The number of benzene rings is 1. The molecule has 0 bridgehead atoms. The molecule has 1 aromatic rings. The standard InChI is InChI=1S/C11H12BrN/c1-3-8-13-9(2)10-4-6-11(12)7-5-10/h1,4-7,9,13H,8H2,2H3/t9-/m1/s1. The molecule has 0 saturated carbocycles. The molecule has 0 heterocycles. The van der Waals surface area contributed by atoms with Gasteiger partial charge in [-0.15, -0.1) is 6.42 Å². The molecule has 0 radical (unpaired) electrons. The molecule has 2 heteroatoms. The lowest BCUT2D eigenvalue weighted by Crippen LogP contribution is -2.18. The molecular weight excluding hydrogens is 226 g/mol. The Kier molecular flexibility index (Phi) is 4.01. The van der Waals surface area contributed by atoms with Gasteiger partial charge >= 0.3 is 0 Å². The summed E-state index contributed by atoms with van der Waals surface area (Å²) in [6.07, 6.45) is 5.16. The molecule has 0 aliphatic rings. The molecule has 1 N–H and O–H groups in total. The van der Waals surface area contributed by atoms with Gasteiger partial charge in [0.15, 0.2) is 0 Å². The molecule has 0 aromatic heterocycles. The van der Waals surface area contributed by atoms with Gasteiger partial charge in [0, 0.05) is 10.5 Å². The van der Waals surface area contributed by atoms with E-state index in [4.69, 9.17) is 6.42 Å². The van der Waals surface area contributed by atoms with Crippen LogP contribution in [0.25, 0.3) is 0 Å². The number of terminal acetylenes is 1. The molecule has 1 atom stereocenters. The van der Waals surface area contributed by atoms with Gasteiger partial charge in [0.2, 0.25) is 0 Å². The van der Waals surface area contributed by atoms with E-state index in [1.807, 2.05) is 12.1 Å². The fourth-order valence-electron chi connectivity index (χ4n) is 1.08. The zero-order valence-corrected chi connectivity index (χ0v) is 9.14. The zero-order valence-electron chi connectivity index (χ0n) is 7.55. The van der Waals surface area contributed by atoms with Gasteiger partial charge in [-0.3, -0.25) is 5.32 Å². The van der Waals surface area contributed by atoms with Crippen LogP contribution in [0.3, 0.4) is 0 Å². The Morgan fingerprint density at radius 3 is 2.62 bits per heavy atom. The first-order chi connectivity index (χ1) is 6.24. The summed E-state index contributed by atoms with van der Waals surface area (Å²) in [5.41, 5.74) is 1.25. The minimum atomic E-state index is 0.309. The highest BCUT2D eigenvalue weighted by atomic mass is 79.9. The lowest BCUT2D eigenvalue weighted by molar-refractivity contribution is 0.623. The Labute approximate surface area is 87.7 Å². The van der Waals surface area contributed by atoms with Crippen LogP contribution in [0.5, 0.6) is 0 Å². The van der Waals surface area contributed by atoms with E-state index < -0.39 is 0 Å². The normalized spacial score (nSPS) is 12.1. The third-order valence-electron chi connectivity index (χ3n) is 1.88. The first-order valence-electron chi connectivity index (χ1n) is 4.16. The second-order valence-electron chi connectivity index (χ2n) is 2.86.